The van der Waals surface area contributed by atoms with Gasteiger partial charge in [0.15, 0.2) is 0 Å². The van der Waals surface area contributed by atoms with E-state index in [1.54, 1.807) is 20.8 Å². The molecule has 2 rings (SSSR count). The minimum atomic E-state index is -3.72. The van der Waals surface area contributed by atoms with Crippen molar-refractivity contribution in [1.29, 1.82) is 0 Å². The maximum absolute atomic E-state index is 12.6. The fourth-order valence-corrected chi connectivity index (χ4v) is 4.27. The second kappa shape index (κ2) is 4.97. The van der Waals surface area contributed by atoms with Crippen molar-refractivity contribution >= 4 is 22.0 Å². The minimum absolute atomic E-state index is 0.242. The molecule has 0 aromatic carbocycles. The number of carbonyl (C=O) groups excluding carboxylic acids is 1. The molecule has 0 aliphatic heterocycles. The number of nitrogens with zero attached hydrogens (tertiary/aromatic N) is 1. The molecule has 0 bridgehead atoms. The van der Waals surface area contributed by atoms with Gasteiger partial charge >= 0.3 is 6.09 Å². The molecule has 2 fully saturated rings. The summed E-state index contributed by atoms with van der Waals surface area (Å²) in [5.41, 5.74) is -2.24. The van der Waals surface area contributed by atoms with Crippen LogP contribution in [-0.4, -0.2) is 46.8 Å². The average molecular weight is 330 g/mol. The van der Waals surface area contributed by atoms with E-state index in [9.17, 15) is 23.1 Å². The van der Waals surface area contributed by atoms with Gasteiger partial charge in [0.05, 0.1) is 5.25 Å². The third-order valence-electron chi connectivity index (χ3n) is 4.12. The SMILES string of the molecule is C=CC1C[C@@]1(C(=O)NS(=O)(=O)C1CC1)N(C(=O)O)C(C)(C)C. The van der Waals surface area contributed by atoms with E-state index in [2.05, 4.69) is 11.3 Å². The summed E-state index contributed by atoms with van der Waals surface area (Å²) in [5.74, 6) is -1.17. The molecule has 0 radical (unpaired) electrons. The Morgan fingerprint density at radius 3 is 2.23 bits per heavy atom. The van der Waals surface area contributed by atoms with E-state index in [4.69, 9.17) is 0 Å². The van der Waals surface area contributed by atoms with E-state index in [1.165, 1.54) is 6.08 Å². The van der Waals surface area contributed by atoms with Crippen molar-refractivity contribution in [3.63, 3.8) is 0 Å². The Labute approximate surface area is 130 Å². The highest BCUT2D eigenvalue weighted by Gasteiger charge is 2.67. The highest BCUT2D eigenvalue weighted by molar-refractivity contribution is 7.90. The maximum atomic E-state index is 12.6. The lowest BCUT2D eigenvalue weighted by atomic mass is 10.00. The molecule has 2 aliphatic rings. The molecule has 7 nitrogen and oxygen atoms in total. The molecule has 0 aromatic rings. The molecule has 8 heteroatoms. The highest BCUT2D eigenvalue weighted by atomic mass is 32.2. The number of amides is 2. The van der Waals surface area contributed by atoms with E-state index < -0.39 is 44.3 Å². The molecule has 124 valence electrons. The van der Waals surface area contributed by atoms with Gasteiger partial charge in [-0.2, -0.15) is 0 Å². The van der Waals surface area contributed by atoms with Gasteiger partial charge in [0, 0.05) is 11.5 Å². The Kier molecular flexibility index (Phi) is 3.80. The van der Waals surface area contributed by atoms with Crippen LogP contribution in [0.5, 0.6) is 0 Å². The van der Waals surface area contributed by atoms with Crippen LogP contribution in [0.3, 0.4) is 0 Å². The predicted molar refractivity (Wildman–Crippen MR) is 80.7 cm³/mol. The fraction of sp³-hybridized carbons (Fsp3) is 0.714. The van der Waals surface area contributed by atoms with Crippen LogP contribution in [-0.2, 0) is 14.8 Å². The Morgan fingerprint density at radius 2 is 1.91 bits per heavy atom. The molecule has 0 aromatic heterocycles. The number of nitrogens with one attached hydrogen (secondary N) is 1. The van der Waals surface area contributed by atoms with Crippen molar-refractivity contribution in [2.75, 3.05) is 0 Å². The van der Waals surface area contributed by atoms with Crippen molar-refractivity contribution in [2.45, 2.75) is 56.4 Å². The molecule has 2 atom stereocenters. The van der Waals surface area contributed by atoms with Crippen LogP contribution in [0.4, 0.5) is 4.79 Å². The van der Waals surface area contributed by atoms with Crippen LogP contribution in [0.1, 0.15) is 40.0 Å². The van der Waals surface area contributed by atoms with Crippen molar-refractivity contribution in [1.82, 2.24) is 9.62 Å². The van der Waals surface area contributed by atoms with Crippen LogP contribution in [0, 0.1) is 5.92 Å². The van der Waals surface area contributed by atoms with Gasteiger partial charge in [0.25, 0.3) is 5.91 Å². The Bertz CT molecular complexity index is 618. The topological polar surface area (TPSA) is 104 Å². The lowest BCUT2D eigenvalue weighted by Crippen LogP contribution is -2.60. The molecular weight excluding hydrogens is 308 g/mol. The van der Waals surface area contributed by atoms with Crippen molar-refractivity contribution in [3.05, 3.63) is 12.7 Å². The van der Waals surface area contributed by atoms with Gasteiger partial charge in [0.2, 0.25) is 10.0 Å². The summed E-state index contributed by atoms with van der Waals surface area (Å²) in [6.45, 7) is 8.63. The summed E-state index contributed by atoms with van der Waals surface area (Å²) in [4.78, 5) is 25.3. The lowest BCUT2D eigenvalue weighted by Gasteiger charge is -2.39. The first-order chi connectivity index (χ1) is 9.96. The van der Waals surface area contributed by atoms with Crippen LogP contribution in [0.25, 0.3) is 0 Å². The zero-order valence-corrected chi connectivity index (χ0v) is 13.8. The zero-order chi connectivity index (χ0) is 16.9. The predicted octanol–water partition coefficient (Wildman–Crippen LogP) is 1.32. The molecule has 1 unspecified atom stereocenters. The van der Waals surface area contributed by atoms with Crippen LogP contribution in [0.2, 0.25) is 0 Å². The van der Waals surface area contributed by atoms with Crippen LogP contribution < -0.4 is 4.72 Å². The quantitative estimate of drug-likeness (QED) is 0.740. The first-order valence-corrected chi connectivity index (χ1v) is 8.73. The first kappa shape index (κ1) is 16.8. The Morgan fingerprint density at radius 1 is 1.36 bits per heavy atom. The van der Waals surface area contributed by atoms with Crippen LogP contribution in [0.15, 0.2) is 12.7 Å². The molecule has 2 N–H and O–H groups in total. The number of rotatable bonds is 5. The molecule has 0 spiro atoms. The Hall–Kier alpha value is -1.57. The summed E-state index contributed by atoms with van der Waals surface area (Å²) >= 11 is 0. The van der Waals surface area contributed by atoms with Gasteiger partial charge in [0.1, 0.15) is 5.54 Å². The van der Waals surface area contributed by atoms with E-state index in [0.29, 0.717) is 12.8 Å². The van der Waals surface area contributed by atoms with Gasteiger partial charge in [-0.3, -0.25) is 14.4 Å². The largest absolute Gasteiger partial charge is 0.465 e. The van der Waals surface area contributed by atoms with Gasteiger partial charge in [-0.05, 0) is 40.0 Å². The van der Waals surface area contributed by atoms with Crippen LogP contribution >= 0.6 is 0 Å². The third kappa shape index (κ3) is 2.71. The molecule has 0 heterocycles. The summed E-state index contributed by atoms with van der Waals surface area (Å²) in [6.07, 6.45) is 1.55. The lowest BCUT2D eigenvalue weighted by molar-refractivity contribution is -0.128. The average Bonchev–Trinajstić information content (AvgIpc) is 3.20. The minimum Gasteiger partial charge on any atom is -0.465 e. The van der Waals surface area contributed by atoms with E-state index >= 15 is 0 Å². The number of sulfonamides is 1. The van der Waals surface area contributed by atoms with Crippen molar-refractivity contribution < 1.29 is 23.1 Å². The number of hydrogen-bond donors (Lipinski definition) is 2. The second-order valence-corrected chi connectivity index (χ2v) is 8.90. The summed E-state index contributed by atoms with van der Waals surface area (Å²) in [5, 5.41) is 8.99. The van der Waals surface area contributed by atoms with Gasteiger partial charge < -0.3 is 5.11 Å². The Balaban J connectivity index is 2.34. The second-order valence-electron chi connectivity index (χ2n) is 6.93. The molecule has 2 amide bonds. The van der Waals surface area contributed by atoms with E-state index in [1.807, 2.05) is 0 Å². The summed E-state index contributed by atoms with van der Waals surface area (Å²) < 4.78 is 26.1. The molecule has 0 saturated heterocycles. The third-order valence-corrected chi connectivity index (χ3v) is 5.94. The van der Waals surface area contributed by atoms with Crippen molar-refractivity contribution in [3.8, 4) is 0 Å². The highest BCUT2D eigenvalue weighted by Crippen LogP contribution is 2.52. The molecule has 22 heavy (non-hydrogen) atoms. The number of carbonyl (C=O) groups is 2. The monoisotopic (exact) mass is 330 g/mol. The fourth-order valence-electron chi connectivity index (χ4n) is 2.91. The summed E-state index contributed by atoms with van der Waals surface area (Å²) in [7, 11) is -3.72. The first-order valence-electron chi connectivity index (χ1n) is 7.18. The summed E-state index contributed by atoms with van der Waals surface area (Å²) in [6, 6.07) is 0. The standard InChI is InChI=1S/C14H22N2O5S/c1-5-9-8-14(9,16(12(18)19)13(2,3)4)11(17)15-22(20,21)10-6-7-10/h5,9-10H,1,6-8H2,2-4H3,(H,15,17)(H,18,19)/t9?,14-/m1/s1. The smallest absolute Gasteiger partial charge is 0.408 e. The normalized spacial score (nSPS) is 27.9. The maximum Gasteiger partial charge on any atom is 0.408 e. The zero-order valence-electron chi connectivity index (χ0n) is 13.0. The van der Waals surface area contributed by atoms with Gasteiger partial charge in [-0.25, -0.2) is 13.2 Å². The number of carboxylic acid groups (broad SMARTS) is 1. The van der Waals surface area contributed by atoms with E-state index in [0.717, 1.165) is 4.90 Å². The molecule has 2 saturated carbocycles. The molecule has 2 aliphatic carbocycles. The van der Waals surface area contributed by atoms with Crippen molar-refractivity contribution in [2.24, 2.45) is 5.92 Å². The van der Waals surface area contributed by atoms with E-state index in [-0.39, 0.29) is 6.42 Å². The van der Waals surface area contributed by atoms with Gasteiger partial charge in [-0.15, -0.1) is 6.58 Å². The number of hydrogen-bond acceptors (Lipinski definition) is 4. The molecular formula is C14H22N2O5S. The van der Waals surface area contributed by atoms with Gasteiger partial charge in [-0.1, -0.05) is 6.08 Å².